The van der Waals surface area contributed by atoms with Gasteiger partial charge in [0.2, 0.25) is 0 Å². The number of unbranched alkanes of at least 4 members (excludes halogenated alkanes) is 34. The summed E-state index contributed by atoms with van der Waals surface area (Å²) in [5, 5.41) is 72.3. The van der Waals surface area contributed by atoms with Crippen molar-refractivity contribution in [1.29, 1.82) is 0 Å². The lowest BCUT2D eigenvalue weighted by Crippen LogP contribution is -2.61. The molecule has 0 radical (unpaired) electrons. The summed E-state index contributed by atoms with van der Waals surface area (Å²) >= 11 is 0. The van der Waals surface area contributed by atoms with E-state index in [2.05, 4.69) is 13.8 Å². The van der Waals surface area contributed by atoms with Crippen molar-refractivity contribution in [3.8, 4) is 0 Å². The van der Waals surface area contributed by atoms with Crippen LogP contribution in [-0.2, 0) is 38.0 Å². The molecule has 426 valence electrons. The second-order valence-electron chi connectivity index (χ2n) is 21.2. The van der Waals surface area contributed by atoms with Crippen LogP contribution in [0.3, 0.4) is 0 Å². The summed E-state index contributed by atoms with van der Waals surface area (Å²) in [5.41, 5.74) is 0. The van der Waals surface area contributed by atoms with Gasteiger partial charge in [0.15, 0.2) is 18.7 Å². The van der Waals surface area contributed by atoms with Gasteiger partial charge in [0.1, 0.15) is 55.4 Å². The highest BCUT2D eigenvalue weighted by molar-refractivity contribution is 5.70. The van der Waals surface area contributed by atoms with E-state index in [-0.39, 0.29) is 26.1 Å². The van der Waals surface area contributed by atoms with E-state index in [1.54, 1.807) is 0 Å². The Morgan fingerprint density at radius 1 is 0.389 bits per heavy atom. The fraction of sp³-hybridized carbons (Fsp3) is 0.965. The summed E-state index contributed by atoms with van der Waals surface area (Å²) in [5.74, 6) is -0.903. The molecule has 11 atom stereocenters. The molecule has 2 rings (SSSR count). The van der Waals surface area contributed by atoms with Gasteiger partial charge in [-0.15, -0.1) is 0 Å². The van der Waals surface area contributed by atoms with Crippen molar-refractivity contribution in [2.45, 2.75) is 325 Å². The largest absolute Gasteiger partial charge is 0.462 e. The van der Waals surface area contributed by atoms with Crippen molar-refractivity contribution < 1.29 is 73.8 Å². The van der Waals surface area contributed by atoms with Crippen molar-refractivity contribution >= 4 is 11.9 Å². The monoisotopic (exact) mass is 1030 g/mol. The topological polar surface area (TPSA) is 231 Å². The Morgan fingerprint density at radius 2 is 0.708 bits per heavy atom. The third-order valence-electron chi connectivity index (χ3n) is 14.6. The summed E-state index contributed by atoms with van der Waals surface area (Å²) in [6.07, 6.45) is 28.3. The van der Waals surface area contributed by atoms with Crippen LogP contribution in [-0.4, -0.2) is 142 Å². The molecule has 7 N–H and O–H groups in total. The Kier molecular flexibility index (Phi) is 41.3. The molecular weight excluding hydrogens is 925 g/mol. The van der Waals surface area contributed by atoms with E-state index >= 15 is 0 Å². The standard InChI is InChI=1S/C57H108O15/c1-3-5-7-9-11-13-15-17-19-21-22-24-26-28-30-32-34-36-38-40-49(60)70-45(42-67-48(59)39-37-35-33-31-29-27-25-23-20-18-16-14-12-10-8-6-4-2)43-68-56-55(66)53(64)51(62)47(72-56)44-69-57-54(65)52(63)50(61)46(41-58)71-57/h45-47,50-58,61-66H,3-44H2,1-2H3. The van der Waals surface area contributed by atoms with Crippen LogP contribution >= 0.6 is 0 Å². The number of rotatable bonds is 48. The molecule has 0 saturated carbocycles. The number of ether oxygens (including phenoxy) is 6. The van der Waals surface area contributed by atoms with Gasteiger partial charge >= 0.3 is 11.9 Å². The van der Waals surface area contributed by atoms with Crippen molar-refractivity contribution in [3.63, 3.8) is 0 Å². The van der Waals surface area contributed by atoms with Crippen molar-refractivity contribution in [2.24, 2.45) is 0 Å². The number of aliphatic hydroxyl groups excluding tert-OH is 7. The van der Waals surface area contributed by atoms with Gasteiger partial charge in [-0.1, -0.05) is 232 Å². The van der Waals surface area contributed by atoms with E-state index in [9.17, 15) is 45.3 Å². The van der Waals surface area contributed by atoms with Gasteiger partial charge in [0.05, 0.1) is 19.8 Å². The molecule has 0 spiro atoms. The molecule has 2 saturated heterocycles. The molecule has 15 nitrogen and oxygen atoms in total. The van der Waals surface area contributed by atoms with Crippen molar-refractivity contribution in [2.75, 3.05) is 26.4 Å². The number of esters is 2. The molecule has 2 fully saturated rings. The van der Waals surface area contributed by atoms with Crippen LogP contribution in [0.2, 0.25) is 0 Å². The van der Waals surface area contributed by atoms with E-state index in [1.165, 1.54) is 180 Å². The van der Waals surface area contributed by atoms with E-state index in [1.807, 2.05) is 0 Å². The zero-order valence-corrected chi connectivity index (χ0v) is 45.4. The second kappa shape index (κ2) is 44.6. The minimum absolute atomic E-state index is 0.174. The predicted octanol–water partition coefficient (Wildman–Crippen LogP) is 9.95. The Balaban J connectivity index is 1.74. The molecule has 2 heterocycles. The van der Waals surface area contributed by atoms with Crippen LogP contribution in [0.15, 0.2) is 0 Å². The van der Waals surface area contributed by atoms with Gasteiger partial charge in [-0.05, 0) is 12.8 Å². The van der Waals surface area contributed by atoms with E-state index in [0.29, 0.717) is 12.8 Å². The number of carbonyl (C=O) groups is 2. The highest BCUT2D eigenvalue weighted by atomic mass is 16.7. The lowest BCUT2D eigenvalue weighted by atomic mass is 9.98. The first-order valence-corrected chi connectivity index (χ1v) is 29.6. The smallest absolute Gasteiger partial charge is 0.306 e. The predicted molar refractivity (Wildman–Crippen MR) is 280 cm³/mol. The average Bonchev–Trinajstić information content (AvgIpc) is 3.37. The third kappa shape index (κ3) is 31.5. The number of hydrogen-bond acceptors (Lipinski definition) is 15. The van der Waals surface area contributed by atoms with E-state index in [4.69, 9.17) is 28.4 Å². The Labute approximate surface area is 436 Å². The molecule has 2 aliphatic heterocycles. The number of hydrogen-bond donors (Lipinski definition) is 7. The lowest BCUT2D eigenvalue weighted by molar-refractivity contribution is -0.332. The van der Waals surface area contributed by atoms with Gasteiger partial charge < -0.3 is 64.2 Å². The minimum Gasteiger partial charge on any atom is -0.462 e. The lowest BCUT2D eigenvalue weighted by Gasteiger charge is -2.42. The van der Waals surface area contributed by atoms with Crippen LogP contribution in [0.4, 0.5) is 0 Å². The van der Waals surface area contributed by atoms with Crippen LogP contribution in [0, 0.1) is 0 Å². The fourth-order valence-electron chi connectivity index (χ4n) is 9.75. The molecule has 11 unspecified atom stereocenters. The number of carbonyl (C=O) groups excluding carboxylic acids is 2. The van der Waals surface area contributed by atoms with Gasteiger partial charge in [-0.25, -0.2) is 0 Å². The van der Waals surface area contributed by atoms with Crippen molar-refractivity contribution in [1.82, 2.24) is 0 Å². The SMILES string of the molecule is CCCCCCCCCCCCCCCCCCCCCC(=O)OC(COC(=O)CCCCCCCCCCCCCCCCCCC)COC1OC(COC2OC(CO)C(O)C(O)C2O)C(O)C(O)C1O. The van der Waals surface area contributed by atoms with Gasteiger partial charge in [-0.3, -0.25) is 9.59 Å². The Bertz CT molecular complexity index is 1260. The molecule has 0 aromatic carbocycles. The van der Waals surface area contributed by atoms with Crippen LogP contribution in [0.1, 0.15) is 258 Å². The number of aliphatic hydroxyl groups is 7. The molecular formula is C57H108O15. The van der Waals surface area contributed by atoms with Crippen molar-refractivity contribution in [3.05, 3.63) is 0 Å². The summed E-state index contributed by atoms with van der Waals surface area (Å²) < 4.78 is 33.7. The maximum atomic E-state index is 13.1. The summed E-state index contributed by atoms with van der Waals surface area (Å²) in [4.78, 5) is 25.9. The Hall–Kier alpha value is -1.50. The average molecular weight is 1030 g/mol. The fourth-order valence-corrected chi connectivity index (χ4v) is 9.75. The van der Waals surface area contributed by atoms with E-state index in [0.717, 1.165) is 38.5 Å². The van der Waals surface area contributed by atoms with Crippen LogP contribution in [0.5, 0.6) is 0 Å². The molecule has 0 aliphatic carbocycles. The van der Waals surface area contributed by atoms with Gasteiger partial charge in [0, 0.05) is 12.8 Å². The normalized spacial score (nSPS) is 24.9. The molecule has 72 heavy (non-hydrogen) atoms. The highest BCUT2D eigenvalue weighted by Gasteiger charge is 2.47. The highest BCUT2D eigenvalue weighted by Crippen LogP contribution is 2.27. The third-order valence-corrected chi connectivity index (χ3v) is 14.6. The second-order valence-corrected chi connectivity index (χ2v) is 21.2. The van der Waals surface area contributed by atoms with Crippen LogP contribution < -0.4 is 0 Å². The van der Waals surface area contributed by atoms with Gasteiger partial charge in [0.25, 0.3) is 0 Å². The molecule has 2 aliphatic rings. The molecule has 0 aromatic rings. The first kappa shape index (κ1) is 66.6. The summed E-state index contributed by atoms with van der Waals surface area (Å²) in [6.45, 7) is 2.66. The maximum absolute atomic E-state index is 13.1. The van der Waals surface area contributed by atoms with Crippen LogP contribution in [0.25, 0.3) is 0 Å². The first-order valence-electron chi connectivity index (χ1n) is 29.6. The molecule has 15 heteroatoms. The molecule has 0 amide bonds. The molecule has 0 aromatic heterocycles. The molecule has 0 bridgehead atoms. The Morgan fingerprint density at radius 3 is 1.08 bits per heavy atom. The maximum Gasteiger partial charge on any atom is 0.306 e. The quantitative estimate of drug-likeness (QED) is 0.0222. The van der Waals surface area contributed by atoms with E-state index < -0.39 is 92.7 Å². The minimum atomic E-state index is -1.76. The van der Waals surface area contributed by atoms with Gasteiger partial charge in [-0.2, -0.15) is 0 Å². The first-order chi connectivity index (χ1) is 35.0. The summed E-state index contributed by atoms with van der Waals surface area (Å²) in [6, 6.07) is 0. The zero-order chi connectivity index (χ0) is 52.4. The summed E-state index contributed by atoms with van der Waals surface area (Å²) in [7, 11) is 0. The zero-order valence-electron chi connectivity index (χ0n) is 45.4.